The van der Waals surface area contributed by atoms with Crippen molar-refractivity contribution >= 4 is 5.97 Å². The van der Waals surface area contributed by atoms with Crippen LogP contribution in [-0.4, -0.2) is 11.1 Å². The third-order valence-electron chi connectivity index (χ3n) is 3.32. The van der Waals surface area contributed by atoms with E-state index in [9.17, 15) is 18.7 Å². The van der Waals surface area contributed by atoms with Crippen LogP contribution in [0.4, 0.5) is 8.78 Å². The summed E-state index contributed by atoms with van der Waals surface area (Å²) in [7, 11) is 0. The zero-order valence-corrected chi connectivity index (χ0v) is 9.76. The van der Waals surface area contributed by atoms with Crippen molar-refractivity contribution in [1.29, 1.82) is 0 Å². The van der Waals surface area contributed by atoms with Gasteiger partial charge in [-0.2, -0.15) is 0 Å². The molecule has 1 fully saturated rings. The fourth-order valence-electron chi connectivity index (χ4n) is 2.16. The SMILES string of the molecule is Cc1ccc(C(C)(F)F)c(C2(C(=O)O)CC2)c1. The van der Waals surface area contributed by atoms with Gasteiger partial charge in [0.1, 0.15) is 0 Å². The van der Waals surface area contributed by atoms with Crippen LogP contribution in [0.3, 0.4) is 0 Å². The lowest BCUT2D eigenvalue weighted by atomic mass is 9.88. The first-order valence-electron chi connectivity index (χ1n) is 5.50. The molecule has 0 heterocycles. The van der Waals surface area contributed by atoms with Crippen LogP contribution in [0.1, 0.15) is 36.5 Å². The van der Waals surface area contributed by atoms with Crippen LogP contribution in [0.2, 0.25) is 0 Å². The van der Waals surface area contributed by atoms with Gasteiger partial charge >= 0.3 is 5.97 Å². The highest BCUT2D eigenvalue weighted by Gasteiger charge is 2.54. The molecule has 0 aliphatic heterocycles. The van der Waals surface area contributed by atoms with E-state index in [1.807, 2.05) is 0 Å². The number of aryl methyl sites for hydroxylation is 1. The van der Waals surface area contributed by atoms with E-state index >= 15 is 0 Å². The van der Waals surface area contributed by atoms with Gasteiger partial charge in [-0.25, -0.2) is 8.78 Å². The molecular weight excluding hydrogens is 226 g/mol. The topological polar surface area (TPSA) is 37.3 Å². The van der Waals surface area contributed by atoms with Gasteiger partial charge in [0, 0.05) is 12.5 Å². The number of carbonyl (C=O) groups is 1. The normalized spacial score (nSPS) is 17.9. The van der Waals surface area contributed by atoms with Crippen LogP contribution in [0.25, 0.3) is 0 Å². The van der Waals surface area contributed by atoms with Crippen LogP contribution in [-0.2, 0) is 16.1 Å². The van der Waals surface area contributed by atoms with Gasteiger partial charge in [0.15, 0.2) is 0 Å². The zero-order valence-electron chi connectivity index (χ0n) is 9.76. The molecule has 1 aromatic rings. The van der Waals surface area contributed by atoms with Crippen molar-refractivity contribution in [2.75, 3.05) is 0 Å². The molecule has 0 radical (unpaired) electrons. The van der Waals surface area contributed by atoms with Gasteiger partial charge in [0.25, 0.3) is 5.92 Å². The second-order valence-corrected chi connectivity index (χ2v) is 4.82. The first-order valence-corrected chi connectivity index (χ1v) is 5.50. The largest absolute Gasteiger partial charge is 0.481 e. The van der Waals surface area contributed by atoms with Crippen molar-refractivity contribution in [3.63, 3.8) is 0 Å². The molecule has 0 atom stereocenters. The van der Waals surface area contributed by atoms with E-state index in [0.29, 0.717) is 12.8 Å². The molecule has 1 aromatic carbocycles. The Bertz CT molecular complexity index is 471. The molecule has 0 saturated heterocycles. The number of carboxylic acids is 1. The molecule has 0 amide bonds. The lowest BCUT2D eigenvalue weighted by Gasteiger charge is -2.20. The minimum absolute atomic E-state index is 0.164. The standard InChI is InChI=1S/C13H14F2O2/c1-8-3-4-9(12(2,14)15)10(7-8)13(5-6-13)11(16)17/h3-4,7H,5-6H2,1-2H3,(H,16,17). The quantitative estimate of drug-likeness (QED) is 0.880. The van der Waals surface area contributed by atoms with Crippen LogP contribution < -0.4 is 0 Å². The molecule has 1 N–H and O–H groups in total. The smallest absolute Gasteiger partial charge is 0.314 e. The summed E-state index contributed by atoms with van der Waals surface area (Å²) in [6.45, 7) is 2.58. The maximum atomic E-state index is 13.5. The van der Waals surface area contributed by atoms with E-state index in [-0.39, 0.29) is 11.1 Å². The summed E-state index contributed by atoms with van der Waals surface area (Å²) < 4.78 is 27.0. The number of benzene rings is 1. The monoisotopic (exact) mass is 240 g/mol. The van der Waals surface area contributed by atoms with Crippen molar-refractivity contribution in [1.82, 2.24) is 0 Å². The Balaban J connectivity index is 2.60. The molecule has 1 saturated carbocycles. The summed E-state index contributed by atoms with van der Waals surface area (Å²) in [6, 6.07) is 4.51. The Morgan fingerprint density at radius 3 is 2.41 bits per heavy atom. The van der Waals surface area contributed by atoms with Gasteiger partial charge in [-0.15, -0.1) is 0 Å². The Morgan fingerprint density at radius 1 is 1.41 bits per heavy atom. The molecule has 1 aliphatic carbocycles. The molecule has 4 heteroatoms. The number of halogens is 2. The Hall–Kier alpha value is -1.45. The first-order chi connectivity index (χ1) is 7.77. The summed E-state index contributed by atoms with van der Waals surface area (Å²) in [5.74, 6) is -4.01. The fraction of sp³-hybridized carbons (Fsp3) is 0.462. The Labute approximate surface area is 98.3 Å². The van der Waals surface area contributed by atoms with Crippen molar-refractivity contribution in [3.8, 4) is 0 Å². The number of hydrogen-bond acceptors (Lipinski definition) is 1. The second-order valence-electron chi connectivity index (χ2n) is 4.82. The molecule has 2 rings (SSSR count). The van der Waals surface area contributed by atoms with Gasteiger partial charge in [0.05, 0.1) is 5.41 Å². The van der Waals surface area contributed by atoms with Crippen molar-refractivity contribution in [2.45, 2.75) is 38.0 Å². The van der Waals surface area contributed by atoms with E-state index in [2.05, 4.69) is 0 Å². The molecule has 2 nitrogen and oxygen atoms in total. The highest BCUT2D eigenvalue weighted by molar-refractivity contribution is 5.85. The molecule has 0 spiro atoms. The lowest BCUT2D eigenvalue weighted by molar-refractivity contribution is -0.140. The molecule has 0 unspecified atom stereocenters. The third kappa shape index (κ3) is 1.92. The Kier molecular flexibility index (Phi) is 2.49. The van der Waals surface area contributed by atoms with Gasteiger partial charge in [-0.3, -0.25) is 4.79 Å². The van der Waals surface area contributed by atoms with Gasteiger partial charge < -0.3 is 5.11 Å². The summed E-state index contributed by atoms with van der Waals surface area (Å²) in [5, 5.41) is 9.19. The molecule has 17 heavy (non-hydrogen) atoms. The lowest BCUT2D eigenvalue weighted by Crippen LogP contribution is -2.24. The minimum atomic E-state index is -3.01. The molecule has 1 aliphatic rings. The second kappa shape index (κ2) is 3.52. The molecular formula is C13H14F2O2. The minimum Gasteiger partial charge on any atom is -0.481 e. The van der Waals surface area contributed by atoms with E-state index in [1.165, 1.54) is 6.07 Å². The van der Waals surface area contributed by atoms with Crippen molar-refractivity contribution in [2.24, 2.45) is 0 Å². The number of hydrogen-bond donors (Lipinski definition) is 1. The van der Waals surface area contributed by atoms with Gasteiger partial charge in [0.2, 0.25) is 0 Å². The Morgan fingerprint density at radius 2 is 2.00 bits per heavy atom. The van der Waals surface area contributed by atoms with E-state index in [0.717, 1.165) is 12.5 Å². The molecule has 92 valence electrons. The van der Waals surface area contributed by atoms with E-state index in [1.54, 1.807) is 19.1 Å². The van der Waals surface area contributed by atoms with Gasteiger partial charge in [-0.05, 0) is 25.3 Å². The maximum absolute atomic E-state index is 13.5. The van der Waals surface area contributed by atoms with Crippen LogP contribution in [0.15, 0.2) is 18.2 Å². The van der Waals surface area contributed by atoms with Gasteiger partial charge in [-0.1, -0.05) is 23.8 Å². The van der Waals surface area contributed by atoms with Crippen LogP contribution >= 0.6 is 0 Å². The summed E-state index contributed by atoms with van der Waals surface area (Å²) in [5.41, 5.74) is -0.165. The highest BCUT2D eigenvalue weighted by Crippen LogP contribution is 2.51. The zero-order chi connectivity index (χ0) is 12.8. The van der Waals surface area contributed by atoms with Crippen LogP contribution in [0, 0.1) is 6.92 Å². The highest BCUT2D eigenvalue weighted by atomic mass is 19.3. The predicted octanol–water partition coefficient (Wildman–Crippen LogP) is 3.22. The van der Waals surface area contributed by atoms with E-state index < -0.39 is 17.3 Å². The fourth-order valence-corrected chi connectivity index (χ4v) is 2.16. The van der Waals surface area contributed by atoms with E-state index in [4.69, 9.17) is 0 Å². The summed E-state index contributed by atoms with van der Waals surface area (Å²) in [4.78, 5) is 11.2. The third-order valence-corrected chi connectivity index (χ3v) is 3.32. The average molecular weight is 240 g/mol. The van der Waals surface area contributed by atoms with Crippen LogP contribution in [0.5, 0.6) is 0 Å². The van der Waals surface area contributed by atoms with Crippen molar-refractivity contribution in [3.05, 3.63) is 34.9 Å². The predicted molar refractivity (Wildman–Crippen MR) is 59.3 cm³/mol. The van der Waals surface area contributed by atoms with Crippen molar-refractivity contribution < 1.29 is 18.7 Å². The number of alkyl halides is 2. The molecule has 0 aromatic heterocycles. The first kappa shape index (κ1) is 12.0. The summed E-state index contributed by atoms with van der Waals surface area (Å²) in [6.07, 6.45) is 0.879. The number of carboxylic acid groups (broad SMARTS) is 1. The molecule has 0 bridgehead atoms. The maximum Gasteiger partial charge on any atom is 0.314 e. The summed E-state index contributed by atoms with van der Waals surface area (Å²) >= 11 is 0. The average Bonchev–Trinajstić information content (AvgIpc) is 2.95. The number of aliphatic carboxylic acids is 1. The number of rotatable bonds is 3.